The van der Waals surface area contributed by atoms with E-state index < -0.39 is 29.8 Å². The lowest BCUT2D eigenvalue weighted by Crippen LogP contribution is -2.46. The zero-order valence-electron chi connectivity index (χ0n) is 13.5. The number of rotatable bonds is 11. The number of hydrogen-bond acceptors (Lipinski definition) is 7. The molecule has 0 aromatic heterocycles. The van der Waals surface area contributed by atoms with Gasteiger partial charge in [0.15, 0.2) is 5.78 Å². The molecule has 8 heteroatoms. The number of carbonyl (C=O) groups is 3. The minimum Gasteiger partial charge on any atom is -0.463 e. The normalized spacial score (nSPS) is 13.3. The lowest BCUT2D eigenvalue weighted by atomic mass is 10.1. The Hall–Kier alpha value is -1.80. The van der Waals surface area contributed by atoms with Crippen molar-refractivity contribution < 1.29 is 23.9 Å². The molecule has 0 aliphatic heterocycles. The van der Waals surface area contributed by atoms with Crippen molar-refractivity contribution in [3.05, 3.63) is 0 Å². The molecule has 126 valence electrons. The molecule has 0 saturated heterocycles. The molecular formula is C14H25N3O5. The maximum absolute atomic E-state index is 12.0. The third-order valence-electron chi connectivity index (χ3n) is 2.95. The van der Waals surface area contributed by atoms with Crippen LogP contribution in [0.1, 0.15) is 19.8 Å². The Labute approximate surface area is 130 Å². The van der Waals surface area contributed by atoms with Crippen molar-refractivity contribution in [1.82, 2.24) is 10.2 Å². The number of hydrogen-bond donors (Lipinski definition) is 2. The van der Waals surface area contributed by atoms with Gasteiger partial charge in [0.25, 0.3) is 0 Å². The van der Waals surface area contributed by atoms with Crippen LogP contribution in [-0.4, -0.2) is 75.3 Å². The molecule has 0 saturated carbocycles. The van der Waals surface area contributed by atoms with Crippen molar-refractivity contribution in [2.24, 2.45) is 0 Å². The molecule has 0 rings (SSSR count). The van der Waals surface area contributed by atoms with Crippen molar-refractivity contribution in [3.8, 4) is 0 Å². The fraction of sp³-hybridized carbons (Fsp3) is 0.714. The molecule has 0 fully saturated rings. The molecule has 1 amide bonds. The van der Waals surface area contributed by atoms with E-state index in [9.17, 15) is 14.4 Å². The first kappa shape index (κ1) is 20.2. The average molecular weight is 315 g/mol. The number of methoxy groups -OCH3 is 1. The van der Waals surface area contributed by atoms with Crippen molar-refractivity contribution in [2.75, 3.05) is 34.4 Å². The van der Waals surface area contributed by atoms with Crippen LogP contribution in [0.4, 0.5) is 0 Å². The number of ether oxygens (including phenoxy) is 2. The Balaban J connectivity index is 4.61. The largest absolute Gasteiger partial charge is 0.463 e. The van der Waals surface area contributed by atoms with E-state index in [0.29, 0.717) is 12.8 Å². The lowest BCUT2D eigenvalue weighted by Gasteiger charge is -2.19. The van der Waals surface area contributed by atoms with Crippen molar-refractivity contribution in [2.45, 2.75) is 31.9 Å². The Kier molecular flexibility index (Phi) is 9.97. The SMILES string of the molecule is CO[C@H](C)C(=O)N[C@@H](CCC(=O)C=N)C(=O)OCCN(C)C. The number of carbonyl (C=O) groups excluding carboxylic acids is 3. The first-order valence-electron chi connectivity index (χ1n) is 6.99. The van der Waals surface area contributed by atoms with Gasteiger partial charge in [-0.05, 0) is 27.4 Å². The molecule has 8 nitrogen and oxygen atoms in total. The Morgan fingerprint density at radius 1 is 1.32 bits per heavy atom. The van der Waals surface area contributed by atoms with Crippen molar-refractivity contribution >= 4 is 23.9 Å². The summed E-state index contributed by atoms with van der Waals surface area (Å²) in [6, 6.07) is -0.934. The van der Waals surface area contributed by atoms with Crippen molar-refractivity contribution in [3.63, 3.8) is 0 Å². The molecule has 0 aliphatic carbocycles. The van der Waals surface area contributed by atoms with Crippen LogP contribution >= 0.6 is 0 Å². The summed E-state index contributed by atoms with van der Waals surface area (Å²) in [7, 11) is 5.07. The quantitative estimate of drug-likeness (QED) is 0.397. The zero-order chi connectivity index (χ0) is 17.1. The van der Waals surface area contributed by atoms with Gasteiger partial charge in [-0.1, -0.05) is 0 Å². The Bertz CT molecular complexity index is 398. The predicted molar refractivity (Wildman–Crippen MR) is 80.9 cm³/mol. The topological polar surface area (TPSA) is 109 Å². The predicted octanol–water partition coefficient (Wildman–Crippen LogP) is -0.390. The van der Waals surface area contributed by atoms with E-state index in [0.717, 1.165) is 0 Å². The fourth-order valence-corrected chi connectivity index (χ4v) is 1.43. The third kappa shape index (κ3) is 8.48. The van der Waals surface area contributed by atoms with Gasteiger partial charge in [0.2, 0.25) is 5.91 Å². The van der Waals surface area contributed by atoms with E-state index in [1.807, 2.05) is 19.0 Å². The number of nitrogens with one attached hydrogen (secondary N) is 2. The van der Waals surface area contributed by atoms with Crippen LogP contribution in [0.15, 0.2) is 0 Å². The van der Waals surface area contributed by atoms with Gasteiger partial charge in [0.05, 0.1) is 6.21 Å². The summed E-state index contributed by atoms with van der Waals surface area (Å²) in [5.74, 6) is -1.48. The molecule has 0 aromatic rings. The molecule has 2 atom stereocenters. The van der Waals surface area contributed by atoms with E-state index >= 15 is 0 Å². The number of amides is 1. The van der Waals surface area contributed by atoms with Crippen LogP contribution in [0.2, 0.25) is 0 Å². The number of Topliss-reactive ketones (excluding diaryl/α,β-unsaturated/α-hetero) is 1. The van der Waals surface area contributed by atoms with Gasteiger partial charge in [0, 0.05) is 20.1 Å². The average Bonchev–Trinajstić information content (AvgIpc) is 2.49. The molecule has 22 heavy (non-hydrogen) atoms. The van der Waals surface area contributed by atoms with Crippen LogP contribution < -0.4 is 5.32 Å². The molecule has 0 bridgehead atoms. The molecule has 0 spiro atoms. The number of nitrogens with zero attached hydrogens (tertiary/aromatic N) is 1. The molecule has 0 heterocycles. The van der Waals surface area contributed by atoms with Crippen LogP contribution in [0.5, 0.6) is 0 Å². The van der Waals surface area contributed by atoms with E-state index in [4.69, 9.17) is 14.9 Å². The van der Waals surface area contributed by atoms with E-state index in [1.165, 1.54) is 7.11 Å². The minimum atomic E-state index is -0.934. The van der Waals surface area contributed by atoms with Gasteiger partial charge >= 0.3 is 5.97 Å². The summed E-state index contributed by atoms with van der Waals surface area (Å²) in [4.78, 5) is 36.8. The smallest absolute Gasteiger partial charge is 0.328 e. The second-order valence-electron chi connectivity index (χ2n) is 5.06. The highest BCUT2D eigenvalue weighted by molar-refractivity contribution is 6.26. The summed E-state index contributed by atoms with van der Waals surface area (Å²) in [5.41, 5.74) is 0. The summed E-state index contributed by atoms with van der Waals surface area (Å²) in [6.45, 7) is 2.30. The van der Waals surface area contributed by atoms with E-state index in [1.54, 1.807) is 6.92 Å². The van der Waals surface area contributed by atoms with Gasteiger partial charge in [-0.3, -0.25) is 9.59 Å². The van der Waals surface area contributed by atoms with Crippen LogP contribution in [0, 0.1) is 5.41 Å². The van der Waals surface area contributed by atoms with Crippen molar-refractivity contribution in [1.29, 1.82) is 5.41 Å². The number of likely N-dealkylation sites (N-methyl/N-ethyl adjacent to an activating group) is 1. The van der Waals surface area contributed by atoms with E-state index in [-0.39, 0.29) is 19.4 Å². The molecule has 0 radical (unpaired) electrons. The number of ketones is 1. The molecule has 2 N–H and O–H groups in total. The van der Waals surface area contributed by atoms with Crippen LogP contribution in [0.3, 0.4) is 0 Å². The molecular weight excluding hydrogens is 290 g/mol. The maximum atomic E-state index is 12.0. The van der Waals surface area contributed by atoms with Gasteiger partial charge in [-0.2, -0.15) is 0 Å². The lowest BCUT2D eigenvalue weighted by molar-refractivity contribution is -0.149. The van der Waals surface area contributed by atoms with Crippen LogP contribution in [0.25, 0.3) is 0 Å². The third-order valence-corrected chi connectivity index (χ3v) is 2.95. The summed E-state index contributed by atoms with van der Waals surface area (Å²) in [5, 5.41) is 9.36. The zero-order valence-corrected chi connectivity index (χ0v) is 13.5. The Morgan fingerprint density at radius 2 is 1.95 bits per heavy atom. The first-order chi connectivity index (χ1) is 10.3. The molecule has 0 aliphatic rings. The highest BCUT2D eigenvalue weighted by atomic mass is 16.5. The monoisotopic (exact) mass is 315 g/mol. The number of esters is 1. The minimum absolute atomic E-state index is 0.0153. The summed E-state index contributed by atoms with van der Waals surface area (Å²) < 4.78 is 9.97. The maximum Gasteiger partial charge on any atom is 0.328 e. The van der Waals surface area contributed by atoms with Gasteiger partial charge < -0.3 is 25.1 Å². The van der Waals surface area contributed by atoms with Gasteiger partial charge in [-0.15, -0.1) is 0 Å². The molecule has 0 unspecified atom stereocenters. The highest BCUT2D eigenvalue weighted by Gasteiger charge is 2.25. The Morgan fingerprint density at radius 3 is 2.45 bits per heavy atom. The van der Waals surface area contributed by atoms with Crippen LogP contribution in [-0.2, 0) is 23.9 Å². The standard InChI is InChI=1S/C14H25N3O5/c1-10(21-4)13(19)16-12(6-5-11(18)9-15)14(20)22-8-7-17(2)3/h9-10,12,15H,5-8H2,1-4H3,(H,16,19)/t10-,12+/m1/s1. The summed E-state index contributed by atoms with van der Waals surface area (Å²) in [6.07, 6.45) is 0.0413. The summed E-state index contributed by atoms with van der Waals surface area (Å²) >= 11 is 0. The second kappa shape index (κ2) is 10.9. The first-order valence-corrected chi connectivity index (χ1v) is 6.99. The van der Waals surface area contributed by atoms with Gasteiger partial charge in [0.1, 0.15) is 18.8 Å². The fourth-order valence-electron chi connectivity index (χ4n) is 1.43. The highest BCUT2D eigenvalue weighted by Crippen LogP contribution is 2.03. The second-order valence-corrected chi connectivity index (χ2v) is 5.06. The van der Waals surface area contributed by atoms with Gasteiger partial charge in [-0.25, -0.2) is 4.79 Å². The molecule has 0 aromatic carbocycles. The van der Waals surface area contributed by atoms with E-state index in [2.05, 4.69) is 5.32 Å².